The Hall–Kier alpha value is -3.56. The van der Waals surface area contributed by atoms with Crippen molar-refractivity contribution in [1.29, 1.82) is 0 Å². The van der Waals surface area contributed by atoms with Crippen LogP contribution in [0.1, 0.15) is 71.4 Å². The van der Waals surface area contributed by atoms with Gasteiger partial charge < -0.3 is 10.2 Å². The summed E-state index contributed by atoms with van der Waals surface area (Å²) in [5.74, 6) is 1.87. The lowest BCUT2D eigenvalue weighted by Crippen LogP contribution is -2.52. The monoisotopic (exact) mass is 488 g/mol. The number of piperidine rings is 1. The van der Waals surface area contributed by atoms with E-state index in [-0.39, 0.29) is 42.4 Å². The molecule has 0 radical (unpaired) electrons. The molecule has 2 bridgehead atoms. The van der Waals surface area contributed by atoms with Crippen molar-refractivity contribution in [3.05, 3.63) is 41.2 Å². The fourth-order valence-corrected chi connectivity index (χ4v) is 7.67. The zero-order valence-corrected chi connectivity index (χ0v) is 19.9. The standard InChI is InChI=1S/C26H28N6O4/c33-23-7-6-22(25(35)28-23)31-11-14-8-15(4-5-17(14)26(31)36)32-12-21(29-30-32)24(34)27-20-10-13-9-19(20)18-3-1-2-16(13)18/h4-5,8,12-13,16,18-20,22H,1-3,6-7,9-11H2,(H,27,34)(H,28,33,35). The molecular weight excluding hydrogens is 460 g/mol. The molecule has 4 fully saturated rings. The second kappa shape index (κ2) is 7.97. The van der Waals surface area contributed by atoms with Crippen LogP contribution in [0.2, 0.25) is 0 Å². The zero-order valence-electron chi connectivity index (χ0n) is 19.9. The molecule has 186 valence electrons. The van der Waals surface area contributed by atoms with Crippen molar-refractivity contribution in [1.82, 2.24) is 30.5 Å². The van der Waals surface area contributed by atoms with Crippen LogP contribution >= 0.6 is 0 Å². The lowest BCUT2D eigenvalue weighted by molar-refractivity contribution is -0.136. The van der Waals surface area contributed by atoms with Crippen molar-refractivity contribution in [2.45, 2.75) is 63.6 Å². The SMILES string of the molecule is O=C1CCC(N2Cc3cc(-n4cc(C(=O)NC5CC6CC5C5CCCC65)nn4)ccc3C2=O)C(=O)N1. The summed E-state index contributed by atoms with van der Waals surface area (Å²) >= 11 is 0. The van der Waals surface area contributed by atoms with Gasteiger partial charge in [-0.3, -0.25) is 24.5 Å². The first-order valence-electron chi connectivity index (χ1n) is 13.0. The molecular formula is C26H28N6O4. The number of fused-ring (bicyclic) bond motifs is 6. The molecule has 2 aliphatic heterocycles. The quantitative estimate of drug-likeness (QED) is 0.630. The summed E-state index contributed by atoms with van der Waals surface area (Å²) in [7, 11) is 0. The van der Waals surface area contributed by atoms with Crippen LogP contribution in [-0.2, 0) is 16.1 Å². The maximum absolute atomic E-state index is 13.0. The minimum atomic E-state index is -0.655. The molecule has 2 aromatic rings. The smallest absolute Gasteiger partial charge is 0.273 e. The predicted octanol–water partition coefficient (Wildman–Crippen LogP) is 1.58. The molecule has 3 saturated carbocycles. The number of carbonyl (C=O) groups excluding carboxylic acids is 4. The third-order valence-electron chi connectivity index (χ3n) is 9.24. The number of amides is 4. The van der Waals surface area contributed by atoms with Crippen molar-refractivity contribution < 1.29 is 19.2 Å². The van der Waals surface area contributed by atoms with Gasteiger partial charge in [-0.25, -0.2) is 4.68 Å². The molecule has 1 aromatic carbocycles. The van der Waals surface area contributed by atoms with Gasteiger partial charge in [-0.2, -0.15) is 0 Å². The van der Waals surface area contributed by atoms with Gasteiger partial charge in [0.25, 0.3) is 11.8 Å². The molecule has 10 heteroatoms. The molecule has 6 atom stereocenters. The van der Waals surface area contributed by atoms with Gasteiger partial charge in [0.1, 0.15) is 6.04 Å². The van der Waals surface area contributed by atoms with Gasteiger partial charge in [-0.15, -0.1) is 5.10 Å². The van der Waals surface area contributed by atoms with Crippen LogP contribution in [0.5, 0.6) is 0 Å². The first-order valence-corrected chi connectivity index (χ1v) is 13.0. The van der Waals surface area contributed by atoms with E-state index in [1.165, 1.54) is 30.6 Å². The number of rotatable bonds is 4. The minimum absolute atomic E-state index is 0.186. The molecule has 10 nitrogen and oxygen atoms in total. The lowest BCUT2D eigenvalue weighted by Gasteiger charge is -2.31. The molecule has 1 aromatic heterocycles. The molecule has 36 heavy (non-hydrogen) atoms. The number of carbonyl (C=O) groups is 4. The highest BCUT2D eigenvalue weighted by Crippen LogP contribution is 2.58. The summed E-state index contributed by atoms with van der Waals surface area (Å²) in [6.45, 7) is 0.280. The summed E-state index contributed by atoms with van der Waals surface area (Å²) in [5, 5.41) is 13.8. The number of hydrogen-bond acceptors (Lipinski definition) is 6. The van der Waals surface area contributed by atoms with E-state index in [4.69, 9.17) is 0 Å². The topological polar surface area (TPSA) is 126 Å². The number of nitrogens with one attached hydrogen (secondary N) is 2. The second-order valence-corrected chi connectivity index (χ2v) is 11.0. The van der Waals surface area contributed by atoms with Crippen LogP contribution < -0.4 is 10.6 Å². The Kier molecular flexibility index (Phi) is 4.81. The Bertz CT molecular complexity index is 1300. The summed E-state index contributed by atoms with van der Waals surface area (Å²) in [4.78, 5) is 51.2. The minimum Gasteiger partial charge on any atom is -0.348 e. The third-order valence-corrected chi connectivity index (χ3v) is 9.24. The molecule has 6 unspecified atom stereocenters. The van der Waals surface area contributed by atoms with E-state index in [0.29, 0.717) is 23.6 Å². The average Bonchev–Trinajstić information content (AvgIpc) is 3.66. The van der Waals surface area contributed by atoms with E-state index in [0.717, 1.165) is 29.7 Å². The van der Waals surface area contributed by atoms with Crippen LogP contribution in [0, 0.1) is 23.7 Å². The second-order valence-electron chi connectivity index (χ2n) is 11.0. The maximum Gasteiger partial charge on any atom is 0.273 e. The lowest BCUT2D eigenvalue weighted by atomic mass is 9.79. The Balaban J connectivity index is 1.05. The average molecular weight is 489 g/mol. The van der Waals surface area contributed by atoms with Gasteiger partial charge >= 0.3 is 0 Å². The van der Waals surface area contributed by atoms with E-state index >= 15 is 0 Å². The summed E-state index contributed by atoms with van der Waals surface area (Å²) in [6, 6.07) is 4.89. The van der Waals surface area contributed by atoms with Gasteiger partial charge in [0.2, 0.25) is 11.8 Å². The first-order chi connectivity index (χ1) is 17.5. The molecule has 5 aliphatic rings. The number of benzene rings is 1. The van der Waals surface area contributed by atoms with Gasteiger partial charge in [0, 0.05) is 24.6 Å². The highest BCUT2D eigenvalue weighted by atomic mass is 16.2. The van der Waals surface area contributed by atoms with Gasteiger partial charge in [0.15, 0.2) is 5.69 Å². The Labute approximate surface area is 207 Å². The van der Waals surface area contributed by atoms with Gasteiger partial charge in [0.05, 0.1) is 11.9 Å². The normalized spacial score (nSPS) is 32.6. The number of imide groups is 1. The summed E-state index contributed by atoms with van der Waals surface area (Å²) in [5.41, 5.74) is 2.27. The zero-order chi connectivity index (χ0) is 24.6. The van der Waals surface area contributed by atoms with Crippen LogP contribution in [0.3, 0.4) is 0 Å². The van der Waals surface area contributed by atoms with E-state index in [2.05, 4.69) is 20.9 Å². The first kappa shape index (κ1) is 21.7. The van der Waals surface area contributed by atoms with Gasteiger partial charge in [-0.1, -0.05) is 11.6 Å². The fourth-order valence-electron chi connectivity index (χ4n) is 7.67. The number of hydrogen-bond donors (Lipinski definition) is 2. The van der Waals surface area contributed by atoms with Gasteiger partial charge in [-0.05, 0) is 79.5 Å². The van der Waals surface area contributed by atoms with E-state index in [1.807, 2.05) is 6.07 Å². The highest BCUT2D eigenvalue weighted by molar-refractivity contribution is 6.05. The van der Waals surface area contributed by atoms with Crippen LogP contribution in [0.4, 0.5) is 0 Å². The van der Waals surface area contributed by atoms with Crippen LogP contribution in [0.15, 0.2) is 24.4 Å². The Morgan fingerprint density at radius 2 is 1.92 bits per heavy atom. The predicted molar refractivity (Wildman–Crippen MR) is 126 cm³/mol. The van der Waals surface area contributed by atoms with E-state index in [9.17, 15) is 19.2 Å². The number of nitrogens with zero attached hydrogens (tertiary/aromatic N) is 4. The largest absolute Gasteiger partial charge is 0.348 e. The molecule has 0 spiro atoms. The van der Waals surface area contributed by atoms with Crippen LogP contribution in [0.25, 0.3) is 5.69 Å². The van der Waals surface area contributed by atoms with Crippen molar-refractivity contribution >= 4 is 23.6 Å². The van der Waals surface area contributed by atoms with Crippen molar-refractivity contribution in [3.63, 3.8) is 0 Å². The molecule has 4 amide bonds. The Morgan fingerprint density at radius 1 is 1.06 bits per heavy atom. The summed E-state index contributed by atoms with van der Waals surface area (Å²) < 4.78 is 1.54. The summed E-state index contributed by atoms with van der Waals surface area (Å²) in [6.07, 6.45) is 8.48. The molecule has 2 N–H and O–H groups in total. The number of aromatic nitrogens is 3. The molecule has 3 aliphatic carbocycles. The molecule has 1 saturated heterocycles. The fraction of sp³-hybridized carbons (Fsp3) is 0.538. The third kappa shape index (κ3) is 3.30. The van der Waals surface area contributed by atoms with E-state index < -0.39 is 11.9 Å². The highest BCUT2D eigenvalue weighted by Gasteiger charge is 2.54. The maximum atomic E-state index is 13.0. The molecule has 7 rings (SSSR count). The van der Waals surface area contributed by atoms with Crippen molar-refractivity contribution in [3.8, 4) is 5.69 Å². The van der Waals surface area contributed by atoms with E-state index in [1.54, 1.807) is 23.0 Å². The van der Waals surface area contributed by atoms with Crippen molar-refractivity contribution in [2.24, 2.45) is 23.7 Å². The molecule has 3 heterocycles. The van der Waals surface area contributed by atoms with Crippen LogP contribution in [-0.4, -0.2) is 55.6 Å². The van der Waals surface area contributed by atoms with Crippen molar-refractivity contribution in [2.75, 3.05) is 0 Å². The Morgan fingerprint density at radius 3 is 2.78 bits per heavy atom.